The first kappa shape index (κ1) is 10.7. The number of alkyl halides is 3. The van der Waals surface area contributed by atoms with E-state index in [2.05, 4.69) is 20.9 Å². The van der Waals surface area contributed by atoms with Crippen molar-refractivity contribution in [3.8, 4) is 5.75 Å². The average molecular weight is 272 g/mol. The van der Waals surface area contributed by atoms with E-state index in [0.29, 0.717) is 4.47 Å². The average Bonchev–Trinajstić information content (AvgIpc) is 2.04. The number of nitrogens with zero attached hydrogens (tertiary/aromatic N) is 1. The van der Waals surface area contributed by atoms with Crippen molar-refractivity contribution < 1.29 is 13.9 Å². The van der Waals surface area contributed by atoms with Crippen LogP contribution in [0.25, 0.3) is 0 Å². The molecule has 0 amide bonds. The van der Waals surface area contributed by atoms with Crippen LogP contribution in [0, 0.1) is 0 Å². The van der Waals surface area contributed by atoms with Gasteiger partial charge >= 0.3 is 0 Å². The van der Waals surface area contributed by atoms with Gasteiger partial charge in [0.1, 0.15) is 11.4 Å². The number of aromatic hydroxyl groups is 1. The molecule has 72 valence electrons. The van der Waals surface area contributed by atoms with Crippen molar-refractivity contribution in [3.63, 3.8) is 0 Å². The summed E-state index contributed by atoms with van der Waals surface area (Å²) in [5.74, 6) is -0.589. The summed E-state index contributed by atoms with van der Waals surface area (Å²) in [5.41, 5.74) is -0.411. The summed E-state index contributed by atoms with van der Waals surface area (Å²) in [6, 6.07) is 0. The zero-order chi connectivity index (χ0) is 10.0. The smallest absolute Gasteiger partial charge is 0.284 e. The first-order valence-corrected chi connectivity index (χ1v) is 4.61. The first-order valence-electron chi connectivity index (χ1n) is 3.28. The minimum Gasteiger partial charge on any atom is -0.505 e. The monoisotopic (exact) mass is 271 g/mol. The molecule has 1 heterocycles. The van der Waals surface area contributed by atoms with Crippen molar-refractivity contribution in [1.82, 2.24) is 4.98 Å². The molecule has 0 spiro atoms. The van der Waals surface area contributed by atoms with E-state index >= 15 is 0 Å². The molecule has 0 aliphatic carbocycles. The normalized spacial score (nSPS) is 10.8. The van der Waals surface area contributed by atoms with Gasteiger partial charge in [0, 0.05) is 16.2 Å². The van der Waals surface area contributed by atoms with E-state index in [9.17, 15) is 13.9 Å². The Bertz CT molecular complexity index is 322. The van der Waals surface area contributed by atoms with E-state index in [1.165, 1.54) is 6.20 Å². The minimum atomic E-state index is -2.80. The fourth-order valence-electron chi connectivity index (χ4n) is 0.820. The third kappa shape index (κ3) is 2.08. The molecule has 0 unspecified atom stereocenters. The highest BCUT2D eigenvalue weighted by Crippen LogP contribution is 2.34. The van der Waals surface area contributed by atoms with Crippen LogP contribution in [-0.2, 0) is 5.88 Å². The number of hydrogen-bond donors (Lipinski definition) is 1. The van der Waals surface area contributed by atoms with E-state index in [4.69, 9.17) is 11.6 Å². The molecule has 0 saturated carbocycles. The van der Waals surface area contributed by atoms with Crippen LogP contribution in [-0.4, -0.2) is 10.1 Å². The lowest BCUT2D eigenvalue weighted by atomic mass is 10.2. The Labute approximate surface area is 86.7 Å². The summed E-state index contributed by atoms with van der Waals surface area (Å²) in [5, 5.41) is 9.28. The zero-order valence-corrected chi connectivity index (χ0v) is 8.61. The van der Waals surface area contributed by atoms with Gasteiger partial charge in [-0.2, -0.15) is 0 Å². The van der Waals surface area contributed by atoms with Gasteiger partial charge in [0.2, 0.25) is 0 Å². The van der Waals surface area contributed by atoms with E-state index in [1.807, 2.05) is 0 Å². The number of pyridine rings is 1. The van der Waals surface area contributed by atoms with Gasteiger partial charge in [0.05, 0.1) is 5.88 Å². The molecular weight excluding hydrogens is 267 g/mol. The Morgan fingerprint density at radius 3 is 2.69 bits per heavy atom. The Kier molecular flexibility index (Phi) is 3.44. The van der Waals surface area contributed by atoms with Crippen molar-refractivity contribution in [2.75, 3.05) is 0 Å². The zero-order valence-electron chi connectivity index (χ0n) is 6.27. The summed E-state index contributed by atoms with van der Waals surface area (Å²) < 4.78 is 24.8. The molecule has 0 atom stereocenters. The van der Waals surface area contributed by atoms with Crippen molar-refractivity contribution in [2.24, 2.45) is 0 Å². The van der Waals surface area contributed by atoms with E-state index < -0.39 is 17.9 Å². The minimum absolute atomic E-state index is 0.0470. The van der Waals surface area contributed by atoms with Gasteiger partial charge < -0.3 is 5.11 Å². The Morgan fingerprint density at radius 1 is 1.62 bits per heavy atom. The van der Waals surface area contributed by atoms with E-state index in [-0.39, 0.29) is 11.4 Å². The number of rotatable bonds is 2. The predicted molar refractivity (Wildman–Crippen MR) is 48.1 cm³/mol. The molecule has 0 radical (unpaired) electrons. The van der Waals surface area contributed by atoms with Crippen molar-refractivity contribution >= 4 is 27.5 Å². The quantitative estimate of drug-likeness (QED) is 0.839. The van der Waals surface area contributed by atoms with Crippen LogP contribution in [0.2, 0.25) is 0 Å². The topological polar surface area (TPSA) is 33.1 Å². The molecule has 0 aliphatic heterocycles. The lowest BCUT2D eigenvalue weighted by Crippen LogP contribution is -1.95. The lowest BCUT2D eigenvalue weighted by molar-refractivity contribution is 0.141. The summed E-state index contributed by atoms with van der Waals surface area (Å²) in [7, 11) is 0. The molecule has 1 N–H and O–H groups in total. The van der Waals surface area contributed by atoms with Gasteiger partial charge in [-0.05, 0) is 15.9 Å². The first-order chi connectivity index (χ1) is 6.07. The molecule has 0 bridgehead atoms. The molecule has 0 saturated heterocycles. The molecule has 0 aromatic carbocycles. The number of aromatic nitrogens is 1. The van der Waals surface area contributed by atoms with Crippen LogP contribution in [0.4, 0.5) is 8.78 Å². The van der Waals surface area contributed by atoms with Crippen LogP contribution in [0.5, 0.6) is 5.75 Å². The molecule has 1 aromatic heterocycles. The highest BCUT2D eigenvalue weighted by atomic mass is 79.9. The second-order valence-electron chi connectivity index (χ2n) is 2.25. The van der Waals surface area contributed by atoms with Gasteiger partial charge in [-0.25, -0.2) is 8.78 Å². The molecule has 1 rings (SSSR count). The molecule has 13 heavy (non-hydrogen) atoms. The van der Waals surface area contributed by atoms with Crippen LogP contribution < -0.4 is 0 Å². The third-order valence-electron chi connectivity index (χ3n) is 1.47. The Balaban J connectivity index is 3.27. The van der Waals surface area contributed by atoms with Gasteiger partial charge in [0.25, 0.3) is 6.43 Å². The third-order valence-corrected chi connectivity index (χ3v) is 2.42. The molecule has 1 aromatic rings. The van der Waals surface area contributed by atoms with E-state index in [1.54, 1.807) is 0 Å². The van der Waals surface area contributed by atoms with Crippen molar-refractivity contribution in [3.05, 3.63) is 21.9 Å². The lowest BCUT2D eigenvalue weighted by Gasteiger charge is -2.07. The summed E-state index contributed by atoms with van der Waals surface area (Å²) in [6.07, 6.45) is -1.60. The largest absolute Gasteiger partial charge is 0.505 e. The van der Waals surface area contributed by atoms with Crippen LogP contribution in [0.1, 0.15) is 17.7 Å². The number of halogens is 4. The molecule has 2 nitrogen and oxygen atoms in total. The van der Waals surface area contributed by atoms with Crippen molar-refractivity contribution in [1.29, 1.82) is 0 Å². The molecule has 0 aliphatic rings. The van der Waals surface area contributed by atoms with Gasteiger partial charge in [-0.1, -0.05) is 0 Å². The Morgan fingerprint density at radius 2 is 2.23 bits per heavy atom. The fraction of sp³-hybridized carbons (Fsp3) is 0.286. The van der Waals surface area contributed by atoms with Crippen LogP contribution in [0.3, 0.4) is 0 Å². The van der Waals surface area contributed by atoms with Crippen LogP contribution in [0.15, 0.2) is 10.7 Å². The highest BCUT2D eigenvalue weighted by Gasteiger charge is 2.18. The second-order valence-corrected chi connectivity index (χ2v) is 3.37. The molecular formula is C7H5BrClF2NO. The predicted octanol–water partition coefficient (Wildman–Crippen LogP) is 3.23. The van der Waals surface area contributed by atoms with Gasteiger partial charge in [-0.15, -0.1) is 11.6 Å². The van der Waals surface area contributed by atoms with Crippen molar-refractivity contribution in [2.45, 2.75) is 12.3 Å². The standard InChI is InChI=1S/C7H5BrClF2NO/c8-4-2-12-5(7(10)11)6(13)3(4)1-9/h2,7,13H,1H2. The summed E-state index contributed by atoms with van der Waals surface area (Å²) in [6.45, 7) is 0. The van der Waals surface area contributed by atoms with Gasteiger partial charge in [-0.3, -0.25) is 4.98 Å². The maximum absolute atomic E-state index is 12.2. The maximum Gasteiger partial charge on any atom is 0.284 e. The van der Waals surface area contributed by atoms with Gasteiger partial charge in [0.15, 0.2) is 0 Å². The number of hydrogen-bond acceptors (Lipinski definition) is 2. The van der Waals surface area contributed by atoms with Crippen LogP contribution >= 0.6 is 27.5 Å². The van der Waals surface area contributed by atoms with E-state index in [0.717, 1.165) is 0 Å². The highest BCUT2D eigenvalue weighted by molar-refractivity contribution is 9.10. The summed E-state index contributed by atoms with van der Waals surface area (Å²) >= 11 is 8.49. The fourth-order valence-corrected chi connectivity index (χ4v) is 1.68. The maximum atomic E-state index is 12.2. The summed E-state index contributed by atoms with van der Waals surface area (Å²) in [4.78, 5) is 3.38. The SMILES string of the molecule is Oc1c(C(F)F)ncc(Br)c1CCl. The second kappa shape index (κ2) is 4.19. The Hall–Kier alpha value is -0.420. The molecule has 6 heteroatoms. The molecule has 0 fully saturated rings.